The molecule has 10 heavy (non-hydrogen) atoms. The summed E-state index contributed by atoms with van der Waals surface area (Å²) < 4.78 is 24.5. The Balaban J connectivity index is 2.65. The molecule has 0 atom stereocenters. The van der Waals surface area contributed by atoms with Crippen molar-refractivity contribution in [2.75, 3.05) is 0 Å². The molecule has 1 aromatic rings. The van der Waals surface area contributed by atoms with Crippen molar-refractivity contribution in [3.63, 3.8) is 0 Å². The number of nitrogens with zero attached hydrogens (tertiary/aromatic N) is 4. The summed E-state index contributed by atoms with van der Waals surface area (Å²) in [6, 6.07) is 0. The molecular formula is C3H4F2N4S. The van der Waals surface area contributed by atoms with Gasteiger partial charge in [-0.25, -0.2) is 4.68 Å². The smallest absolute Gasteiger partial charge is 0.223 e. The standard InChI is InChI=1S/C3H4F2N4S/c1-9-3(6-7-8-9)10-2(4)5/h2H,1H3. The number of rotatable bonds is 2. The second kappa shape index (κ2) is 2.91. The highest BCUT2D eigenvalue weighted by atomic mass is 32.2. The van der Waals surface area contributed by atoms with Crippen LogP contribution in [-0.2, 0) is 7.05 Å². The third-order valence-electron chi connectivity index (χ3n) is 0.776. The van der Waals surface area contributed by atoms with Crippen LogP contribution < -0.4 is 0 Å². The summed E-state index contributed by atoms with van der Waals surface area (Å²) in [5.41, 5.74) is 0. The average Bonchev–Trinajstić information content (AvgIpc) is 2.15. The van der Waals surface area contributed by atoms with E-state index in [9.17, 15) is 8.78 Å². The van der Waals surface area contributed by atoms with Gasteiger partial charge in [0.2, 0.25) is 5.16 Å². The van der Waals surface area contributed by atoms with E-state index in [0.29, 0.717) is 11.8 Å². The molecule has 1 rings (SSSR count). The van der Waals surface area contributed by atoms with Crippen LogP contribution in [0.25, 0.3) is 0 Å². The van der Waals surface area contributed by atoms with Gasteiger partial charge in [-0.15, -0.1) is 5.10 Å². The van der Waals surface area contributed by atoms with Crippen molar-refractivity contribution in [3.8, 4) is 0 Å². The molecule has 0 fully saturated rings. The van der Waals surface area contributed by atoms with Crippen LogP contribution in [0, 0.1) is 0 Å². The fourth-order valence-corrected chi connectivity index (χ4v) is 0.833. The summed E-state index contributed by atoms with van der Waals surface area (Å²) in [5, 5.41) is 10.0. The van der Waals surface area contributed by atoms with Gasteiger partial charge in [0, 0.05) is 7.05 Å². The molecule has 0 radical (unpaired) electrons. The van der Waals surface area contributed by atoms with E-state index in [1.54, 1.807) is 0 Å². The van der Waals surface area contributed by atoms with Crippen LogP contribution in [-0.4, -0.2) is 26.0 Å². The molecular weight excluding hydrogens is 162 g/mol. The van der Waals surface area contributed by atoms with E-state index in [1.165, 1.54) is 11.7 Å². The van der Waals surface area contributed by atoms with Gasteiger partial charge < -0.3 is 0 Å². The number of hydrogen-bond donors (Lipinski definition) is 0. The lowest BCUT2D eigenvalue weighted by molar-refractivity contribution is 0.251. The third kappa shape index (κ3) is 1.63. The predicted octanol–water partition coefficient (Wildman–Crippen LogP) is 0.525. The van der Waals surface area contributed by atoms with Gasteiger partial charge in [0.1, 0.15) is 0 Å². The SMILES string of the molecule is Cn1nnnc1SC(F)F. The highest BCUT2D eigenvalue weighted by Gasteiger charge is 2.10. The van der Waals surface area contributed by atoms with E-state index in [1.807, 2.05) is 0 Å². The zero-order valence-corrected chi connectivity index (χ0v) is 5.85. The molecule has 0 aliphatic heterocycles. The summed E-state index contributed by atoms with van der Waals surface area (Å²) >= 11 is 0.325. The summed E-state index contributed by atoms with van der Waals surface area (Å²) in [6.45, 7) is 0. The first-order chi connectivity index (χ1) is 4.70. The maximum atomic E-state index is 11.6. The van der Waals surface area contributed by atoms with Crippen molar-refractivity contribution in [2.45, 2.75) is 10.9 Å². The maximum absolute atomic E-state index is 11.6. The maximum Gasteiger partial charge on any atom is 0.291 e. The Morgan fingerprint density at radius 2 is 2.30 bits per heavy atom. The Morgan fingerprint density at radius 1 is 1.60 bits per heavy atom. The molecule has 0 aliphatic carbocycles. The number of thioether (sulfide) groups is 1. The van der Waals surface area contributed by atoms with Crippen LogP contribution >= 0.6 is 11.8 Å². The van der Waals surface area contributed by atoms with Crippen LogP contribution in [0.4, 0.5) is 8.78 Å². The van der Waals surface area contributed by atoms with Gasteiger partial charge in [-0.05, 0) is 22.2 Å². The minimum absolute atomic E-state index is 0.120. The van der Waals surface area contributed by atoms with Crippen molar-refractivity contribution in [3.05, 3.63) is 0 Å². The van der Waals surface area contributed by atoms with Crippen LogP contribution in [0.2, 0.25) is 0 Å². The monoisotopic (exact) mass is 166 g/mol. The molecule has 0 saturated carbocycles. The number of halogens is 2. The molecule has 1 aromatic heterocycles. The zero-order valence-electron chi connectivity index (χ0n) is 5.03. The quantitative estimate of drug-likeness (QED) is 0.601. The summed E-state index contributed by atoms with van der Waals surface area (Å²) in [5.74, 6) is -2.47. The molecule has 0 bridgehead atoms. The minimum Gasteiger partial charge on any atom is -0.223 e. The van der Waals surface area contributed by atoms with Gasteiger partial charge in [-0.2, -0.15) is 8.78 Å². The molecule has 1 heterocycles. The molecule has 0 unspecified atom stereocenters. The second-order valence-corrected chi connectivity index (χ2v) is 2.42. The van der Waals surface area contributed by atoms with Crippen LogP contribution in [0.3, 0.4) is 0 Å². The van der Waals surface area contributed by atoms with E-state index >= 15 is 0 Å². The fourth-order valence-electron chi connectivity index (χ4n) is 0.401. The molecule has 0 saturated heterocycles. The normalized spacial score (nSPS) is 10.8. The first kappa shape index (κ1) is 7.39. The first-order valence-electron chi connectivity index (χ1n) is 2.37. The molecule has 56 valence electrons. The molecule has 4 nitrogen and oxygen atoms in total. The Labute approximate surface area is 59.6 Å². The second-order valence-electron chi connectivity index (χ2n) is 1.46. The number of tetrazole rings is 1. The largest absolute Gasteiger partial charge is 0.291 e. The van der Waals surface area contributed by atoms with Crippen molar-refractivity contribution in [1.29, 1.82) is 0 Å². The van der Waals surface area contributed by atoms with Crippen molar-refractivity contribution in [1.82, 2.24) is 20.2 Å². The highest BCUT2D eigenvalue weighted by molar-refractivity contribution is 7.99. The molecule has 7 heteroatoms. The van der Waals surface area contributed by atoms with Crippen LogP contribution in [0.5, 0.6) is 0 Å². The Bertz CT molecular complexity index is 212. The topological polar surface area (TPSA) is 43.6 Å². The van der Waals surface area contributed by atoms with Gasteiger partial charge in [0.05, 0.1) is 0 Å². The molecule has 0 amide bonds. The molecule has 0 aromatic carbocycles. The van der Waals surface area contributed by atoms with Gasteiger partial charge in [0.25, 0.3) is 5.76 Å². The molecule has 0 spiro atoms. The lowest BCUT2D eigenvalue weighted by Crippen LogP contribution is -1.94. The molecule has 0 N–H and O–H groups in total. The van der Waals surface area contributed by atoms with Crippen molar-refractivity contribution < 1.29 is 8.78 Å². The van der Waals surface area contributed by atoms with E-state index in [2.05, 4.69) is 15.5 Å². The van der Waals surface area contributed by atoms with E-state index in [-0.39, 0.29) is 5.16 Å². The zero-order chi connectivity index (χ0) is 7.56. The summed E-state index contributed by atoms with van der Waals surface area (Å²) in [6.07, 6.45) is 0. The number of aryl methyl sites for hydroxylation is 1. The minimum atomic E-state index is -2.47. The van der Waals surface area contributed by atoms with Crippen molar-refractivity contribution >= 4 is 11.8 Å². The highest BCUT2D eigenvalue weighted by Crippen LogP contribution is 2.20. The fraction of sp³-hybridized carbons (Fsp3) is 0.667. The Morgan fingerprint density at radius 3 is 2.70 bits per heavy atom. The number of alkyl halides is 2. The van der Waals surface area contributed by atoms with Crippen molar-refractivity contribution in [2.24, 2.45) is 7.05 Å². The number of aromatic nitrogens is 4. The van der Waals surface area contributed by atoms with Crippen LogP contribution in [0.1, 0.15) is 0 Å². The van der Waals surface area contributed by atoms with Gasteiger partial charge >= 0.3 is 0 Å². The summed E-state index contributed by atoms with van der Waals surface area (Å²) in [4.78, 5) is 0. The van der Waals surface area contributed by atoms with E-state index in [0.717, 1.165) is 0 Å². The first-order valence-corrected chi connectivity index (χ1v) is 3.25. The average molecular weight is 166 g/mol. The Hall–Kier alpha value is -0.720. The molecule has 0 aliphatic rings. The summed E-state index contributed by atoms with van der Waals surface area (Å²) in [7, 11) is 1.50. The van der Waals surface area contributed by atoms with Gasteiger partial charge in [0.15, 0.2) is 0 Å². The van der Waals surface area contributed by atoms with Crippen LogP contribution in [0.15, 0.2) is 5.16 Å². The van der Waals surface area contributed by atoms with Gasteiger partial charge in [-0.1, -0.05) is 0 Å². The number of hydrogen-bond acceptors (Lipinski definition) is 4. The predicted molar refractivity (Wildman–Crippen MR) is 30.7 cm³/mol. The Kier molecular flexibility index (Phi) is 2.15. The third-order valence-corrected chi connectivity index (χ3v) is 1.51. The van der Waals surface area contributed by atoms with E-state index in [4.69, 9.17) is 0 Å². The lowest BCUT2D eigenvalue weighted by Gasteiger charge is -1.94. The lowest BCUT2D eigenvalue weighted by atomic mass is 11.2. The van der Waals surface area contributed by atoms with E-state index < -0.39 is 5.76 Å². The van der Waals surface area contributed by atoms with Gasteiger partial charge in [-0.3, -0.25) is 0 Å².